The van der Waals surface area contributed by atoms with Gasteiger partial charge in [0.05, 0.1) is 5.52 Å². The molecule has 0 aliphatic heterocycles. The second-order valence-electron chi connectivity index (χ2n) is 8.00. The molecule has 0 spiro atoms. The van der Waals surface area contributed by atoms with Crippen molar-refractivity contribution >= 4 is 72.0 Å². The Morgan fingerprint density at radius 3 is 2.39 bits per heavy atom. The molecule has 3 N–H and O–H groups in total. The topological polar surface area (TPSA) is 110 Å². The third-order valence-corrected chi connectivity index (χ3v) is 6.34. The van der Waals surface area contributed by atoms with Crippen molar-refractivity contribution < 1.29 is 14.7 Å². The van der Waals surface area contributed by atoms with Crippen LogP contribution in [-0.4, -0.2) is 36.0 Å². The van der Waals surface area contributed by atoms with E-state index in [-0.39, 0.29) is 17.3 Å². The Balaban J connectivity index is 1.69. The van der Waals surface area contributed by atoms with Crippen LogP contribution in [0.2, 0.25) is 0 Å². The zero-order chi connectivity index (χ0) is 25.8. The van der Waals surface area contributed by atoms with Gasteiger partial charge in [0.15, 0.2) is 5.69 Å². The van der Waals surface area contributed by atoms with Crippen molar-refractivity contribution in [3.05, 3.63) is 92.5 Å². The van der Waals surface area contributed by atoms with E-state index in [0.29, 0.717) is 26.5 Å². The van der Waals surface area contributed by atoms with E-state index < -0.39 is 11.8 Å². The molecule has 1 aromatic heterocycles. The Kier molecular flexibility index (Phi) is 7.66. The van der Waals surface area contributed by atoms with Gasteiger partial charge in [-0.1, -0.05) is 46.3 Å². The highest BCUT2D eigenvalue weighted by Gasteiger charge is 2.17. The molecule has 0 aliphatic rings. The molecule has 0 radical (unpaired) electrons. The van der Waals surface area contributed by atoms with Gasteiger partial charge < -0.3 is 20.3 Å². The van der Waals surface area contributed by atoms with Crippen LogP contribution < -0.4 is 10.2 Å². The maximum atomic E-state index is 13.1. The summed E-state index contributed by atoms with van der Waals surface area (Å²) in [6.07, 6.45) is 1.53. The van der Waals surface area contributed by atoms with Gasteiger partial charge in [-0.3, -0.25) is 9.59 Å². The maximum absolute atomic E-state index is 13.1. The number of aromatic hydroxyl groups is 1. The van der Waals surface area contributed by atoms with Crippen LogP contribution in [0.5, 0.6) is 5.88 Å². The Morgan fingerprint density at radius 2 is 1.72 bits per heavy atom. The molecule has 2 amide bonds. The molecule has 0 fully saturated rings. The largest absolute Gasteiger partial charge is 0.493 e. The first-order valence-electron chi connectivity index (χ1n) is 10.7. The number of amides is 2. The van der Waals surface area contributed by atoms with Gasteiger partial charge in [-0.15, -0.1) is 10.2 Å². The average molecular weight is 611 g/mol. The Bertz CT molecular complexity index is 1490. The van der Waals surface area contributed by atoms with E-state index in [2.05, 4.69) is 52.4 Å². The summed E-state index contributed by atoms with van der Waals surface area (Å²) in [5, 5.41) is 21.4. The summed E-state index contributed by atoms with van der Waals surface area (Å²) in [7, 11) is 3.86. The molecule has 1 heterocycles. The number of aromatic amines is 1. The van der Waals surface area contributed by atoms with Gasteiger partial charge in [-0.2, -0.15) is 0 Å². The third-order valence-electron chi connectivity index (χ3n) is 5.25. The smallest absolute Gasteiger partial charge is 0.311 e. The van der Waals surface area contributed by atoms with Crippen molar-refractivity contribution in [2.75, 3.05) is 19.0 Å². The maximum Gasteiger partial charge on any atom is 0.311 e. The molecule has 36 heavy (non-hydrogen) atoms. The lowest BCUT2D eigenvalue weighted by Crippen LogP contribution is -2.26. The lowest BCUT2D eigenvalue weighted by Gasteiger charge is -2.12. The molecule has 182 valence electrons. The second-order valence-corrected chi connectivity index (χ2v) is 9.77. The minimum Gasteiger partial charge on any atom is -0.493 e. The minimum atomic E-state index is -0.779. The molecule has 10 heteroatoms. The van der Waals surface area contributed by atoms with Gasteiger partial charge in [0.25, 0.3) is 5.91 Å². The summed E-state index contributed by atoms with van der Waals surface area (Å²) in [5.74, 6) is -1.48. The van der Waals surface area contributed by atoms with Crippen molar-refractivity contribution in [2.24, 2.45) is 10.2 Å². The van der Waals surface area contributed by atoms with Crippen LogP contribution in [0.25, 0.3) is 17.0 Å². The molecule has 0 unspecified atom stereocenters. The summed E-state index contributed by atoms with van der Waals surface area (Å²) < 4.78 is 1.45. The second kappa shape index (κ2) is 10.9. The fraction of sp³-hybridized carbons (Fsp3) is 0.0769. The summed E-state index contributed by atoms with van der Waals surface area (Å²) in [6, 6.07) is 19.6. The Labute approximate surface area is 224 Å². The Morgan fingerprint density at radius 1 is 1.03 bits per heavy atom. The van der Waals surface area contributed by atoms with Crippen molar-refractivity contribution in [2.45, 2.75) is 0 Å². The van der Waals surface area contributed by atoms with Crippen molar-refractivity contribution in [3.63, 3.8) is 0 Å². The first-order valence-corrected chi connectivity index (χ1v) is 12.3. The molecular formula is C26H21Br2N5O3. The number of hydrogen-bond donors (Lipinski definition) is 3. The number of aromatic nitrogens is 1. The van der Waals surface area contributed by atoms with Gasteiger partial charge in [0.2, 0.25) is 5.88 Å². The summed E-state index contributed by atoms with van der Waals surface area (Å²) in [6.45, 7) is 0. The SMILES string of the molecule is CN(C)c1ccc(/C=C(\NC(=O)c2ccccc2)C(=O)N=Nc2c(O)[nH]c3c(Br)cc(Br)cc23)cc1. The molecule has 0 bridgehead atoms. The zero-order valence-electron chi connectivity index (χ0n) is 19.3. The number of nitrogens with zero attached hydrogens (tertiary/aromatic N) is 3. The third kappa shape index (κ3) is 5.72. The quantitative estimate of drug-likeness (QED) is 0.170. The monoisotopic (exact) mass is 609 g/mol. The normalized spacial score (nSPS) is 11.7. The predicted molar refractivity (Wildman–Crippen MR) is 148 cm³/mol. The van der Waals surface area contributed by atoms with Gasteiger partial charge in [0.1, 0.15) is 5.70 Å². The van der Waals surface area contributed by atoms with Crippen LogP contribution in [-0.2, 0) is 4.79 Å². The van der Waals surface area contributed by atoms with E-state index in [0.717, 1.165) is 10.2 Å². The van der Waals surface area contributed by atoms with Gasteiger partial charge in [-0.05, 0) is 64.0 Å². The fourth-order valence-corrected chi connectivity index (χ4v) is 4.74. The van der Waals surface area contributed by atoms with Crippen LogP contribution in [0.3, 0.4) is 0 Å². The van der Waals surface area contributed by atoms with Crippen molar-refractivity contribution in [1.82, 2.24) is 10.3 Å². The van der Waals surface area contributed by atoms with Crippen LogP contribution in [0.4, 0.5) is 11.4 Å². The lowest BCUT2D eigenvalue weighted by atomic mass is 10.1. The first kappa shape index (κ1) is 25.3. The number of fused-ring (bicyclic) bond motifs is 1. The molecule has 4 aromatic rings. The highest BCUT2D eigenvalue weighted by Crippen LogP contribution is 2.40. The van der Waals surface area contributed by atoms with Gasteiger partial charge in [0, 0.05) is 39.7 Å². The molecule has 8 nitrogen and oxygen atoms in total. The van der Waals surface area contributed by atoms with E-state index in [1.54, 1.807) is 36.4 Å². The molecule has 0 saturated carbocycles. The van der Waals surface area contributed by atoms with Gasteiger partial charge in [-0.25, -0.2) is 0 Å². The number of carbonyl (C=O) groups excluding carboxylic acids is 2. The van der Waals surface area contributed by atoms with E-state index >= 15 is 0 Å². The predicted octanol–water partition coefficient (Wildman–Crippen LogP) is 6.55. The van der Waals surface area contributed by atoms with Gasteiger partial charge >= 0.3 is 5.91 Å². The van der Waals surface area contributed by atoms with E-state index in [9.17, 15) is 14.7 Å². The lowest BCUT2D eigenvalue weighted by molar-refractivity contribution is -0.115. The van der Waals surface area contributed by atoms with Crippen molar-refractivity contribution in [1.29, 1.82) is 0 Å². The number of H-pyrrole nitrogens is 1. The highest BCUT2D eigenvalue weighted by atomic mass is 79.9. The fourth-order valence-electron chi connectivity index (χ4n) is 3.41. The van der Waals surface area contributed by atoms with Crippen LogP contribution in [0, 0.1) is 0 Å². The molecule has 4 rings (SSSR count). The molecule has 0 aliphatic carbocycles. The number of nitrogens with one attached hydrogen (secondary N) is 2. The standard InChI is InChI=1S/C26H21Br2N5O3/c1-33(2)18-10-8-15(9-11-18)12-21(29-24(34)16-6-4-3-5-7-16)25(35)32-31-23-19-13-17(27)14-20(28)22(19)30-26(23)36/h3-14,30,36H,1-2H3,(H,29,34)/b21-12-,32-31?. The van der Waals surface area contributed by atoms with Crippen LogP contribution in [0.15, 0.2) is 91.6 Å². The summed E-state index contributed by atoms with van der Waals surface area (Å²) in [4.78, 5) is 30.7. The van der Waals surface area contributed by atoms with E-state index in [1.165, 1.54) is 6.08 Å². The number of rotatable bonds is 6. The molecular weight excluding hydrogens is 590 g/mol. The molecule has 0 atom stereocenters. The number of halogens is 2. The average Bonchev–Trinajstić information content (AvgIpc) is 3.18. The first-order chi connectivity index (χ1) is 17.2. The summed E-state index contributed by atoms with van der Waals surface area (Å²) >= 11 is 6.83. The minimum absolute atomic E-state index is 0.0631. The van der Waals surface area contributed by atoms with Crippen LogP contribution >= 0.6 is 31.9 Å². The number of azo groups is 1. The number of hydrogen-bond acceptors (Lipinski definition) is 5. The highest BCUT2D eigenvalue weighted by molar-refractivity contribution is 9.11. The van der Waals surface area contributed by atoms with E-state index in [4.69, 9.17) is 0 Å². The van der Waals surface area contributed by atoms with E-state index in [1.807, 2.05) is 49.3 Å². The summed E-state index contributed by atoms with van der Waals surface area (Å²) in [5.41, 5.74) is 2.71. The number of benzene rings is 3. The van der Waals surface area contributed by atoms with Crippen LogP contribution in [0.1, 0.15) is 15.9 Å². The molecule has 0 saturated heterocycles. The van der Waals surface area contributed by atoms with Crippen molar-refractivity contribution in [3.8, 4) is 5.88 Å². The number of anilines is 1. The zero-order valence-corrected chi connectivity index (χ0v) is 22.5. The molecule has 3 aromatic carbocycles. The Hall–Kier alpha value is -3.76. The number of carbonyl (C=O) groups is 2.